The molecular weight excluding hydrogens is 258 g/mol. The van der Waals surface area contributed by atoms with Crippen LogP contribution in [0.4, 0.5) is 5.13 Å². The maximum absolute atomic E-state index is 11.6. The minimum Gasteiger partial charge on any atom is -0.375 e. The summed E-state index contributed by atoms with van der Waals surface area (Å²) >= 11 is 1.37. The predicted octanol–water partition coefficient (Wildman–Crippen LogP) is 2.99. The molecule has 0 bridgehead atoms. The molecule has 0 unspecified atom stereocenters. The van der Waals surface area contributed by atoms with E-state index in [1.807, 2.05) is 5.38 Å². The molecule has 0 aromatic carbocycles. The SMILES string of the molecule is CC(C)CCCCCCNC(=O)Cc1csc(N)n1. The van der Waals surface area contributed by atoms with E-state index in [2.05, 4.69) is 24.1 Å². The molecule has 3 N–H and O–H groups in total. The highest BCUT2D eigenvalue weighted by molar-refractivity contribution is 7.13. The summed E-state index contributed by atoms with van der Waals surface area (Å²) in [5, 5.41) is 5.28. The minimum atomic E-state index is 0.0347. The van der Waals surface area contributed by atoms with Crippen molar-refractivity contribution < 1.29 is 4.79 Å². The monoisotopic (exact) mass is 283 g/mol. The van der Waals surface area contributed by atoms with Crippen molar-refractivity contribution in [3.8, 4) is 0 Å². The molecule has 0 atom stereocenters. The quantitative estimate of drug-likeness (QED) is 0.685. The molecule has 1 heterocycles. The van der Waals surface area contributed by atoms with E-state index in [9.17, 15) is 4.79 Å². The fourth-order valence-electron chi connectivity index (χ4n) is 1.89. The highest BCUT2D eigenvalue weighted by Gasteiger charge is 2.05. The van der Waals surface area contributed by atoms with E-state index in [1.165, 1.54) is 37.0 Å². The molecule has 5 heteroatoms. The second kappa shape index (κ2) is 8.91. The molecule has 0 fully saturated rings. The first-order valence-electron chi connectivity index (χ1n) is 7.04. The lowest BCUT2D eigenvalue weighted by molar-refractivity contribution is -0.120. The second-order valence-corrected chi connectivity index (χ2v) is 6.19. The molecule has 19 heavy (non-hydrogen) atoms. The number of nitrogen functional groups attached to an aromatic ring is 1. The molecule has 0 aliphatic heterocycles. The van der Waals surface area contributed by atoms with Crippen molar-refractivity contribution in [3.05, 3.63) is 11.1 Å². The molecular formula is C14H25N3OS. The minimum absolute atomic E-state index is 0.0347. The third kappa shape index (κ3) is 7.82. The van der Waals surface area contributed by atoms with E-state index in [0.717, 1.165) is 24.6 Å². The van der Waals surface area contributed by atoms with Crippen molar-refractivity contribution in [1.82, 2.24) is 10.3 Å². The number of nitrogens with zero attached hydrogens (tertiary/aromatic N) is 1. The van der Waals surface area contributed by atoms with Crippen LogP contribution in [0, 0.1) is 5.92 Å². The zero-order valence-corrected chi connectivity index (χ0v) is 12.8. The summed E-state index contributed by atoms with van der Waals surface area (Å²) in [5.74, 6) is 0.831. The summed E-state index contributed by atoms with van der Waals surface area (Å²) in [4.78, 5) is 15.7. The van der Waals surface area contributed by atoms with Gasteiger partial charge in [0.15, 0.2) is 5.13 Å². The Morgan fingerprint density at radius 1 is 1.37 bits per heavy atom. The molecule has 0 saturated carbocycles. The number of thiazole rings is 1. The summed E-state index contributed by atoms with van der Waals surface area (Å²) < 4.78 is 0. The van der Waals surface area contributed by atoms with Crippen molar-refractivity contribution in [2.45, 2.75) is 52.4 Å². The fraction of sp³-hybridized carbons (Fsp3) is 0.714. The smallest absolute Gasteiger partial charge is 0.226 e. The first kappa shape index (κ1) is 16.0. The van der Waals surface area contributed by atoms with Crippen LogP contribution < -0.4 is 11.1 Å². The number of carbonyl (C=O) groups excluding carboxylic acids is 1. The van der Waals surface area contributed by atoms with Gasteiger partial charge in [0.05, 0.1) is 12.1 Å². The maximum atomic E-state index is 11.6. The fourth-order valence-corrected chi connectivity index (χ4v) is 2.45. The number of rotatable bonds is 9. The van der Waals surface area contributed by atoms with Gasteiger partial charge in [-0.3, -0.25) is 4.79 Å². The van der Waals surface area contributed by atoms with Crippen molar-refractivity contribution in [2.75, 3.05) is 12.3 Å². The highest BCUT2D eigenvalue weighted by atomic mass is 32.1. The molecule has 0 aliphatic carbocycles. The summed E-state index contributed by atoms with van der Waals surface area (Å²) in [6, 6.07) is 0. The molecule has 0 spiro atoms. The van der Waals surface area contributed by atoms with Crippen LogP contribution in [0.3, 0.4) is 0 Å². The van der Waals surface area contributed by atoms with Gasteiger partial charge in [0, 0.05) is 11.9 Å². The van der Waals surface area contributed by atoms with E-state index < -0.39 is 0 Å². The summed E-state index contributed by atoms with van der Waals surface area (Å²) in [5.41, 5.74) is 6.28. The van der Waals surface area contributed by atoms with Gasteiger partial charge in [0.1, 0.15) is 0 Å². The molecule has 1 aromatic heterocycles. The molecule has 1 rings (SSSR count). The van der Waals surface area contributed by atoms with Crippen molar-refractivity contribution in [1.29, 1.82) is 0 Å². The molecule has 108 valence electrons. The topological polar surface area (TPSA) is 68.0 Å². The molecule has 0 aliphatic rings. The maximum Gasteiger partial charge on any atom is 0.226 e. The number of amides is 1. The van der Waals surface area contributed by atoms with E-state index in [4.69, 9.17) is 5.73 Å². The van der Waals surface area contributed by atoms with Crippen LogP contribution in [-0.2, 0) is 11.2 Å². The van der Waals surface area contributed by atoms with Gasteiger partial charge in [0.2, 0.25) is 5.91 Å². The van der Waals surface area contributed by atoms with E-state index >= 15 is 0 Å². The van der Waals surface area contributed by atoms with Gasteiger partial charge in [-0.15, -0.1) is 11.3 Å². The molecule has 0 radical (unpaired) electrons. The lowest BCUT2D eigenvalue weighted by atomic mass is 10.0. The van der Waals surface area contributed by atoms with Crippen molar-refractivity contribution in [2.24, 2.45) is 5.92 Å². The van der Waals surface area contributed by atoms with Crippen LogP contribution in [0.1, 0.15) is 51.6 Å². The summed E-state index contributed by atoms with van der Waals surface area (Å²) in [6.45, 7) is 5.27. The molecule has 1 amide bonds. The average Bonchev–Trinajstić information content (AvgIpc) is 2.73. The van der Waals surface area contributed by atoms with Gasteiger partial charge in [-0.05, 0) is 12.3 Å². The van der Waals surface area contributed by atoms with Crippen LogP contribution in [0.25, 0.3) is 0 Å². The van der Waals surface area contributed by atoms with Crippen molar-refractivity contribution >= 4 is 22.4 Å². The number of hydrogen-bond donors (Lipinski definition) is 2. The Morgan fingerprint density at radius 2 is 2.11 bits per heavy atom. The zero-order valence-electron chi connectivity index (χ0n) is 11.9. The van der Waals surface area contributed by atoms with Crippen LogP contribution in [0.5, 0.6) is 0 Å². The lowest BCUT2D eigenvalue weighted by Gasteiger charge is -2.05. The Hall–Kier alpha value is -1.10. The van der Waals surface area contributed by atoms with Gasteiger partial charge in [-0.1, -0.05) is 39.5 Å². The first-order valence-corrected chi connectivity index (χ1v) is 7.92. The Balaban J connectivity index is 1.99. The van der Waals surface area contributed by atoms with Gasteiger partial charge in [-0.25, -0.2) is 4.98 Å². The summed E-state index contributed by atoms with van der Waals surface area (Å²) in [7, 11) is 0. The summed E-state index contributed by atoms with van der Waals surface area (Å²) in [6.07, 6.45) is 6.44. The Bertz CT molecular complexity index is 377. The number of nitrogens with two attached hydrogens (primary N) is 1. The van der Waals surface area contributed by atoms with Crippen molar-refractivity contribution in [3.63, 3.8) is 0 Å². The van der Waals surface area contributed by atoms with Crippen LogP contribution >= 0.6 is 11.3 Å². The van der Waals surface area contributed by atoms with Crippen LogP contribution in [0.15, 0.2) is 5.38 Å². The number of unbranched alkanes of at least 4 members (excludes halogenated alkanes) is 3. The van der Waals surface area contributed by atoms with Gasteiger partial charge in [-0.2, -0.15) is 0 Å². The number of carbonyl (C=O) groups is 1. The largest absolute Gasteiger partial charge is 0.375 e. The zero-order chi connectivity index (χ0) is 14.1. The normalized spacial score (nSPS) is 10.9. The van der Waals surface area contributed by atoms with Gasteiger partial charge >= 0.3 is 0 Å². The molecule has 4 nitrogen and oxygen atoms in total. The first-order chi connectivity index (χ1) is 9.08. The third-order valence-electron chi connectivity index (χ3n) is 2.94. The average molecular weight is 283 g/mol. The Labute approximate surface area is 119 Å². The molecule has 1 aromatic rings. The standard InChI is InChI=1S/C14H25N3OS/c1-11(2)7-5-3-4-6-8-16-13(18)9-12-10-19-14(15)17-12/h10-11H,3-9H2,1-2H3,(H2,15,17)(H,16,18). The number of nitrogens with one attached hydrogen (secondary N) is 1. The van der Waals surface area contributed by atoms with E-state index in [0.29, 0.717) is 11.6 Å². The molecule has 0 saturated heterocycles. The lowest BCUT2D eigenvalue weighted by Crippen LogP contribution is -2.26. The van der Waals surface area contributed by atoms with Crippen LogP contribution in [0.2, 0.25) is 0 Å². The Kier molecular flexibility index (Phi) is 7.48. The number of aromatic nitrogens is 1. The van der Waals surface area contributed by atoms with E-state index in [-0.39, 0.29) is 5.91 Å². The second-order valence-electron chi connectivity index (χ2n) is 5.30. The van der Waals surface area contributed by atoms with Crippen LogP contribution in [-0.4, -0.2) is 17.4 Å². The number of anilines is 1. The third-order valence-corrected chi connectivity index (χ3v) is 3.66. The highest BCUT2D eigenvalue weighted by Crippen LogP contribution is 2.11. The van der Waals surface area contributed by atoms with Gasteiger partial charge in [0.25, 0.3) is 0 Å². The Morgan fingerprint density at radius 3 is 2.74 bits per heavy atom. The number of hydrogen-bond acceptors (Lipinski definition) is 4. The van der Waals surface area contributed by atoms with E-state index in [1.54, 1.807) is 0 Å². The van der Waals surface area contributed by atoms with Gasteiger partial charge < -0.3 is 11.1 Å². The predicted molar refractivity (Wildman–Crippen MR) is 81.2 cm³/mol.